The van der Waals surface area contributed by atoms with Crippen molar-refractivity contribution in [3.05, 3.63) is 137 Å². The zero-order valence-corrected chi connectivity index (χ0v) is 23.6. The van der Waals surface area contributed by atoms with E-state index in [0.717, 1.165) is 17.4 Å². The highest BCUT2D eigenvalue weighted by Crippen LogP contribution is 2.32. The van der Waals surface area contributed by atoms with E-state index in [1.165, 1.54) is 23.1 Å². The summed E-state index contributed by atoms with van der Waals surface area (Å²) in [6, 6.07) is 22.0. The van der Waals surface area contributed by atoms with Crippen LogP contribution < -0.4 is 5.32 Å². The number of rotatable bonds is 9. The summed E-state index contributed by atoms with van der Waals surface area (Å²) in [4.78, 5) is 37.7. The highest BCUT2D eigenvalue weighted by Gasteiger charge is 2.49. The van der Waals surface area contributed by atoms with Crippen molar-refractivity contribution in [2.45, 2.75) is 29.8 Å². The van der Waals surface area contributed by atoms with Gasteiger partial charge in [-0.2, -0.15) is 5.26 Å². The highest BCUT2D eigenvalue weighted by molar-refractivity contribution is 7.90. The lowest BCUT2D eigenvalue weighted by atomic mass is 9.85. The molecule has 2 aromatic heterocycles. The number of hydrogen-bond donors (Lipinski definition) is 1. The van der Waals surface area contributed by atoms with Crippen LogP contribution in [0.1, 0.15) is 32.6 Å². The minimum absolute atomic E-state index is 0.108. The van der Waals surface area contributed by atoms with Crippen LogP contribution in [-0.2, 0) is 34.0 Å². The van der Waals surface area contributed by atoms with Gasteiger partial charge >= 0.3 is 0 Å². The molecule has 1 saturated heterocycles. The quantitative estimate of drug-likeness (QED) is 0.236. The van der Waals surface area contributed by atoms with E-state index >= 15 is 0 Å². The number of amides is 1. The van der Waals surface area contributed by atoms with Crippen molar-refractivity contribution >= 4 is 21.5 Å². The summed E-state index contributed by atoms with van der Waals surface area (Å²) in [6.45, 7) is 0.108. The predicted octanol–water partition coefficient (Wildman–Crippen LogP) is 3.63. The van der Waals surface area contributed by atoms with Crippen molar-refractivity contribution in [1.82, 2.24) is 20.2 Å². The summed E-state index contributed by atoms with van der Waals surface area (Å²) < 4.78 is 23.9. The Morgan fingerprint density at radius 2 is 1.43 bits per heavy atom. The number of nitrogens with zero attached hydrogens (tertiary/aromatic N) is 4. The largest absolute Gasteiger partial charge is 0.357 e. The average molecular weight is 578 g/mol. The topological polar surface area (TPSA) is 133 Å². The van der Waals surface area contributed by atoms with E-state index in [4.69, 9.17) is 5.26 Å². The maximum absolute atomic E-state index is 14.4. The number of ketones is 1. The molecule has 210 valence electrons. The molecule has 0 aliphatic carbocycles. The Labute approximate surface area is 244 Å². The number of aromatic nitrogens is 2. The van der Waals surface area contributed by atoms with Crippen LogP contribution in [0.15, 0.2) is 114 Å². The molecule has 1 aliphatic rings. The number of allylic oxidation sites excluding steroid dienone is 1. The van der Waals surface area contributed by atoms with Gasteiger partial charge in [-0.25, -0.2) is 8.42 Å². The monoisotopic (exact) mass is 577 g/mol. The molecule has 5 rings (SSSR count). The first-order valence-corrected chi connectivity index (χ1v) is 15.0. The van der Waals surface area contributed by atoms with Crippen LogP contribution in [0.3, 0.4) is 0 Å². The molecule has 0 atom stereocenters. The lowest BCUT2D eigenvalue weighted by Gasteiger charge is -2.28. The number of carbonyl (C=O) groups excluding carboxylic acids is 2. The molecule has 0 unspecified atom stereocenters. The normalized spacial score (nSPS) is 15.3. The van der Waals surface area contributed by atoms with Crippen LogP contribution in [0.5, 0.6) is 0 Å². The van der Waals surface area contributed by atoms with Gasteiger partial charge in [0.15, 0.2) is 15.6 Å². The van der Waals surface area contributed by atoms with Crippen molar-refractivity contribution in [3.63, 3.8) is 0 Å². The molecule has 0 bridgehead atoms. The smallest absolute Gasteiger partial charge is 0.254 e. The lowest BCUT2D eigenvalue weighted by Crippen LogP contribution is -2.50. The van der Waals surface area contributed by atoms with E-state index in [1.54, 1.807) is 61.2 Å². The highest BCUT2D eigenvalue weighted by atomic mass is 32.2. The van der Waals surface area contributed by atoms with Crippen LogP contribution >= 0.6 is 0 Å². The van der Waals surface area contributed by atoms with Gasteiger partial charge in [0.2, 0.25) is 0 Å². The van der Waals surface area contributed by atoms with Crippen LogP contribution in [0.2, 0.25) is 0 Å². The van der Waals surface area contributed by atoms with Gasteiger partial charge < -0.3 is 5.32 Å². The van der Waals surface area contributed by atoms with Crippen molar-refractivity contribution in [3.8, 4) is 6.07 Å². The molecule has 10 heteroatoms. The fraction of sp³-hybridized carbons (Fsp3) is 0.156. The third-order valence-electron chi connectivity index (χ3n) is 7.08. The molecule has 2 aromatic carbocycles. The summed E-state index contributed by atoms with van der Waals surface area (Å²) in [5, 5.41) is 12.5. The Morgan fingerprint density at radius 3 is 1.93 bits per heavy atom. The van der Waals surface area contributed by atoms with Gasteiger partial charge in [0.05, 0.1) is 23.1 Å². The van der Waals surface area contributed by atoms with Crippen LogP contribution in [0.4, 0.5) is 0 Å². The van der Waals surface area contributed by atoms with Crippen molar-refractivity contribution in [2.75, 3.05) is 6.26 Å². The third kappa shape index (κ3) is 6.27. The van der Waals surface area contributed by atoms with E-state index in [9.17, 15) is 18.0 Å². The van der Waals surface area contributed by atoms with E-state index in [-0.39, 0.29) is 23.1 Å². The Bertz CT molecular complexity index is 1740. The number of pyridine rings is 2. The molecule has 1 fully saturated rings. The summed E-state index contributed by atoms with van der Waals surface area (Å²) >= 11 is 0. The van der Waals surface area contributed by atoms with E-state index in [0.29, 0.717) is 35.4 Å². The summed E-state index contributed by atoms with van der Waals surface area (Å²) in [6.07, 6.45) is 9.85. The Hall–Kier alpha value is -5.14. The molecule has 0 radical (unpaired) electrons. The maximum Gasteiger partial charge on any atom is 0.254 e. The van der Waals surface area contributed by atoms with Crippen LogP contribution in [0, 0.1) is 11.3 Å². The van der Waals surface area contributed by atoms with Gasteiger partial charge in [-0.3, -0.25) is 24.5 Å². The van der Waals surface area contributed by atoms with E-state index < -0.39 is 15.4 Å². The van der Waals surface area contributed by atoms with Gasteiger partial charge in [0.1, 0.15) is 11.4 Å². The van der Waals surface area contributed by atoms with Gasteiger partial charge in [-0.15, -0.1) is 0 Å². The lowest BCUT2D eigenvalue weighted by molar-refractivity contribution is -0.132. The van der Waals surface area contributed by atoms with Crippen molar-refractivity contribution in [1.29, 1.82) is 5.26 Å². The second-order valence-electron chi connectivity index (χ2n) is 10.2. The zero-order valence-electron chi connectivity index (χ0n) is 22.8. The summed E-state index contributed by atoms with van der Waals surface area (Å²) in [7, 11) is -3.39. The number of nitrogens with one attached hydrogen (secondary N) is 1. The zero-order chi connectivity index (χ0) is 29.7. The molecule has 0 spiro atoms. The molecule has 9 nitrogen and oxygen atoms in total. The number of hydrogen-bond acceptors (Lipinski definition) is 8. The van der Waals surface area contributed by atoms with E-state index in [2.05, 4.69) is 15.3 Å². The molecule has 0 saturated carbocycles. The predicted molar refractivity (Wildman–Crippen MR) is 155 cm³/mol. The fourth-order valence-corrected chi connectivity index (χ4v) is 5.58. The van der Waals surface area contributed by atoms with E-state index in [1.807, 2.05) is 30.3 Å². The minimum Gasteiger partial charge on any atom is -0.357 e. The molecule has 4 aromatic rings. The molecule has 1 N–H and O–H groups in total. The van der Waals surface area contributed by atoms with Gasteiger partial charge in [-0.05, 0) is 77.4 Å². The number of sulfone groups is 1. The number of nitriles is 1. The first-order valence-electron chi connectivity index (χ1n) is 13.1. The molecule has 1 amide bonds. The number of benzene rings is 2. The number of carbonyl (C=O) groups is 2. The second kappa shape index (κ2) is 11.8. The van der Waals surface area contributed by atoms with Gasteiger partial charge in [-0.1, -0.05) is 12.1 Å². The first kappa shape index (κ1) is 28.4. The Morgan fingerprint density at radius 1 is 0.881 bits per heavy atom. The first-order chi connectivity index (χ1) is 20.2. The fourth-order valence-electron chi connectivity index (χ4n) is 4.95. The minimum atomic E-state index is -3.39. The summed E-state index contributed by atoms with van der Waals surface area (Å²) in [5.74, 6) is -0.248. The molecule has 42 heavy (non-hydrogen) atoms. The van der Waals surface area contributed by atoms with Crippen molar-refractivity contribution < 1.29 is 18.0 Å². The van der Waals surface area contributed by atoms with Gasteiger partial charge in [0, 0.05) is 55.5 Å². The summed E-state index contributed by atoms with van der Waals surface area (Å²) in [5.41, 5.74) is 2.13. The second-order valence-corrected chi connectivity index (χ2v) is 12.2. The molecule has 3 heterocycles. The maximum atomic E-state index is 14.4. The Balaban J connectivity index is 1.57. The van der Waals surface area contributed by atoms with Crippen LogP contribution in [-0.4, -0.2) is 46.8 Å². The molecular formula is C32H27N5O4S. The third-order valence-corrected chi connectivity index (χ3v) is 8.21. The van der Waals surface area contributed by atoms with Gasteiger partial charge in [0.25, 0.3) is 5.91 Å². The SMILES string of the molecule is CS(=O)(=O)c1ccc(CN2C(=O)C(Cc3ccncc3)(Cc3ccncc3)N/C2=C\C(=O)c2ccc(C#N)cc2)cc1. The molecular weight excluding hydrogens is 550 g/mol. The van der Waals surface area contributed by atoms with Crippen molar-refractivity contribution in [2.24, 2.45) is 0 Å². The van der Waals surface area contributed by atoms with Crippen LogP contribution in [0.25, 0.3) is 0 Å². The Kier molecular flexibility index (Phi) is 7.95. The molecule has 1 aliphatic heterocycles. The standard InChI is InChI=1S/C32H27N5O4S/c1-42(40,41)28-8-4-26(5-9-28)22-37-30(18-29(38)27-6-2-25(21-33)3-7-27)36-32(31(37)39,19-23-10-14-34-15-11-23)20-24-12-16-35-17-13-24/h2-18,36H,19-20,22H2,1H3/b30-18+. The average Bonchev–Trinajstić information content (AvgIpc) is 3.23.